The molecule has 0 aromatic heterocycles. The number of carbonyl (C=O) groups excluding carboxylic acids is 1. The molecule has 4 nitrogen and oxygen atoms in total. The molecule has 0 aromatic carbocycles. The van der Waals surface area contributed by atoms with Crippen molar-refractivity contribution in [3.8, 4) is 0 Å². The van der Waals surface area contributed by atoms with Gasteiger partial charge in [-0.05, 0) is 12.6 Å². The van der Waals surface area contributed by atoms with Gasteiger partial charge in [-0.2, -0.15) is 0 Å². The molecule has 5 heteroatoms. The summed E-state index contributed by atoms with van der Waals surface area (Å²) in [6, 6.07) is 0. The van der Waals surface area contributed by atoms with E-state index in [2.05, 4.69) is 12.7 Å². The Morgan fingerprint density at radius 1 is 1.38 bits per heavy atom. The lowest BCUT2D eigenvalue weighted by atomic mass is 10.0. The highest BCUT2D eigenvalue weighted by Gasteiger charge is 2.08. The molecule has 0 bridgehead atoms. The topological polar surface area (TPSA) is 80.4 Å². The summed E-state index contributed by atoms with van der Waals surface area (Å²) in [6.45, 7) is 3.93. The Labute approximate surface area is 129 Å². The van der Waals surface area contributed by atoms with E-state index in [9.17, 15) is 9.59 Å². The maximum atomic E-state index is 10.4. The van der Waals surface area contributed by atoms with Gasteiger partial charge in [-0.15, -0.1) is 0 Å². The van der Waals surface area contributed by atoms with Crippen molar-refractivity contribution in [2.24, 2.45) is 11.7 Å². The molecule has 1 aliphatic rings. The zero-order valence-electron chi connectivity index (χ0n) is 13.1. The molecule has 3 N–H and O–H groups in total. The number of hydrogen-bond donors (Lipinski definition) is 2. The smallest absolute Gasteiger partial charge is 0.306 e. The standard InChI is InChI=1S/C9H18O2.C7H10NOP/c1-3-4-5-6-7-8(2)9(10)11;8-7(9)4-6-2-1-3-10-5-6/h8H,3-7H2,1-2H3,(H,10,11);1-3,10H,4-5H2,(H2,8,9). The van der Waals surface area contributed by atoms with E-state index < -0.39 is 5.97 Å². The molecule has 1 aliphatic heterocycles. The van der Waals surface area contributed by atoms with Crippen LogP contribution in [0.1, 0.15) is 52.4 Å². The minimum atomic E-state index is -0.665. The number of unbranched alkanes of at least 4 members (excludes halogenated alkanes) is 3. The summed E-state index contributed by atoms with van der Waals surface area (Å²) in [7, 11) is 0.825. The van der Waals surface area contributed by atoms with Crippen LogP contribution in [0.3, 0.4) is 0 Å². The molecule has 120 valence electrons. The van der Waals surface area contributed by atoms with Crippen molar-refractivity contribution >= 4 is 20.5 Å². The molecule has 0 saturated carbocycles. The maximum absolute atomic E-state index is 10.4. The Kier molecular flexibility index (Phi) is 11.9. The van der Waals surface area contributed by atoms with Crippen molar-refractivity contribution in [3.63, 3.8) is 0 Å². The first-order valence-electron chi connectivity index (χ1n) is 7.56. The van der Waals surface area contributed by atoms with E-state index in [1.54, 1.807) is 6.92 Å². The number of aliphatic carboxylic acids is 1. The Bertz CT molecular complexity index is 378. The van der Waals surface area contributed by atoms with E-state index in [1.807, 2.05) is 12.2 Å². The predicted octanol–water partition coefficient (Wildman–Crippen LogP) is 3.67. The number of rotatable bonds is 8. The van der Waals surface area contributed by atoms with E-state index >= 15 is 0 Å². The van der Waals surface area contributed by atoms with Gasteiger partial charge in [0.15, 0.2) is 0 Å². The second-order valence-electron chi connectivity index (χ2n) is 5.30. The summed E-state index contributed by atoms with van der Waals surface area (Å²) in [4.78, 5) is 20.8. The molecule has 1 amide bonds. The fraction of sp³-hybridized carbons (Fsp3) is 0.625. The molecule has 0 radical (unpaired) electrons. The van der Waals surface area contributed by atoms with Crippen LogP contribution in [-0.4, -0.2) is 23.1 Å². The predicted molar refractivity (Wildman–Crippen MR) is 89.8 cm³/mol. The summed E-state index contributed by atoms with van der Waals surface area (Å²) in [5, 5.41) is 8.54. The first-order valence-corrected chi connectivity index (χ1v) is 8.84. The monoisotopic (exact) mass is 313 g/mol. The van der Waals surface area contributed by atoms with E-state index in [0.717, 1.165) is 33.2 Å². The molecule has 1 heterocycles. The first kappa shape index (κ1) is 19.9. The number of hydrogen-bond acceptors (Lipinski definition) is 2. The van der Waals surface area contributed by atoms with Crippen LogP contribution in [0.5, 0.6) is 0 Å². The van der Waals surface area contributed by atoms with Crippen LogP contribution in [0.2, 0.25) is 0 Å². The Morgan fingerprint density at radius 2 is 2.10 bits per heavy atom. The molecule has 2 atom stereocenters. The van der Waals surface area contributed by atoms with Crippen LogP contribution in [0.4, 0.5) is 0 Å². The number of carbonyl (C=O) groups is 2. The van der Waals surface area contributed by atoms with E-state index in [4.69, 9.17) is 10.8 Å². The quantitative estimate of drug-likeness (QED) is 0.530. The molecule has 21 heavy (non-hydrogen) atoms. The molecule has 2 unspecified atom stereocenters. The Balaban J connectivity index is 0.000000382. The molecule has 0 spiro atoms. The molecule has 0 fully saturated rings. The summed E-state index contributed by atoms with van der Waals surface area (Å²) < 4.78 is 0. The lowest BCUT2D eigenvalue weighted by Gasteiger charge is -2.04. The van der Waals surface area contributed by atoms with Crippen molar-refractivity contribution in [3.05, 3.63) is 23.5 Å². The van der Waals surface area contributed by atoms with Crippen molar-refractivity contribution in [2.75, 3.05) is 6.16 Å². The molecule has 0 aromatic rings. The number of primary amides is 1. The normalized spacial score (nSPS) is 15.8. The number of carboxylic acids is 1. The highest BCUT2D eigenvalue weighted by molar-refractivity contribution is 7.42. The lowest BCUT2D eigenvalue weighted by molar-refractivity contribution is -0.141. The third-order valence-corrected chi connectivity index (χ3v) is 4.28. The minimum absolute atomic E-state index is 0.160. The van der Waals surface area contributed by atoms with Gasteiger partial charge in [-0.1, -0.05) is 71.7 Å². The van der Waals surface area contributed by atoms with Gasteiger partial charge >= 0.3 is 5.97 Å². The van der Waals surface area contributed by atoms with Crippen LogP contribution < -0.4 is 5.73 Å². The van der Waals surface area contributed by atoms with Crippen LogP contribution in [0, 0.1) is 5.92 Å². The Hall–Kier alpha value is -1.15. The van der Waals surface area contributed by atoms with Crippen molar-refractivity contribution in [2.45, 2.75) is 52.4 Å². The van der Waals surface area contributed by atoms with E-state index in [-0.39, 0.29) is 11.8 Å². The summed E-state index contributed by atoms with van der Waals surface area (Å²) in [5.74, 6) is 1.06. The van der Waals surface area contributed by atoms with Crippen LogP contribution in [0.25, 0.3) is 0 Å². The van der Waals surface area contributed by atoms with Crippen molar-refractivity contribution < 1.29 is 14.7 Å². The fourth-order valence-corrected chi connectivity index (χ4v) is 2.70. The van der Waals surface area contributed by atoms with E-state index in [1.165, 1.54) is 19.3 Å². The molecule has 0 saturated heterocycles. The summed E-state index contributed by atoms with van der Waals surface area (Å²) >= 11 is 0. The largest absolute Gasteiger partial charge is 0.481 e. The van der Waals surface area contributed by atoms with Gasteiger partial charge < -0.3 is 10.8 Å². The van der Waals surface area contributed by atoms with Gasteiger partial charge in [-0.25, -0.2) is 0 Å². The summed E-state index contributed by atoms with van der Waals surface area (Å²) in [5.41, 5.74) is 6.18. The highest BCUT2D eigenvalue weighted by atomic mass is 31.1. The van der Waals surface area contributed by atoms with Crippen LogP contribution in [-0.2, 0) is 9.59 Å². The van der Waals surface area contributed by atoms with Gasteiger partial charge in [0, 0.05) is 6.42 Å². The van der Waals surface area contributed by atoms with Gasteiger partial charge in [0.2, 0.25) is 5.91 Å². The number of nitrogens with two attached hydrogens (primary N) is 1. The average molecular weight is 313 g/mol. The first-order chi connectivity index (χ1) is 9.97. The third kappa shape index (κ3) is 12.3. The zero-order valence-corrected chi connectivity index (χ0v) is 14.1. The molecule has 1 rings (SSSR count). The minimum Gasteiger partial charge on any atom is -0.481 e. The molecular formula is C16H28NO3P. The number of allylic oxidation sites excluding steroid dienone is 2. The lowest BCUT2D eigenvalue weighted by Crippen LogP contribution is -2.12. The molecule has 0 aliphatic carbocycles. The van der Waals surface area contributed by atoms with Crippen molar-refractivity contribution in [1.82, 2.24) is 0 Å². The second kappa shape index (κ2) is 12.6. The van der Waals surface area contributed by atoms with Gasteiger partial charge in [0.05, 0.1) is 5.92 Å². The number of amides is 1. The van der Waals surface area contributed by atoms with Gasteiger partial charge in [0.25, 0.3) is 0 Å². The average Bonchev–Trinajstić information content (AvgIpc) is 2.44. The Morgan fingerprint density at radius 3 is 2.57 bits per heavy atom. The fourth-order valence-electron chi connectivity index (χ4n) is 1.85. The third-order valence-electron chi connectivity index (χ3n) is 3.19. The van der Waals surface area contributed by atoms with Crippen molar-refractivity contribution in [1.29, 1.82) is 0 Å². The second-order valence-corrected chi connectivity index (χ2v) is 6.39. The van der Waals surface area contributed by atoms with Crippen LogP contribution >= 0.6 is 8.58 Å². The van der Waals surface area contributed by atoms with Gasteiger partial charge in [0.1, 0.15) is 0 Å². The highest BCUT2D eigenvalue weighted by Crippen LogP contribution is 2.22. The number of carboxylic acid groups (broad SMARTS) is 1. The zero-order chi connectivity index (χ0) is 16.1. The summed E-state index contributed by atoms with van der Waals surface area (Å²) in [6.07, 6.45) is 10.9. The van der Waals surface area contributed by atoms with E-state index in [0.29, 0.717) is 6.42 Å². The van der Waals surface area contributed by atoms with Crippen LogP contribution in [0.15, 0.2) is 23.5 Å². The maximum Gasteiger partial charge on any atom is 0.306 e. The molecular weight excluding hydrogens is 285 g/mol. The SMILES string of the molecule is CCCCCCC(C)C(=O)O.NC(=O)CC1=CC=CPC1. The van der Waals surface area contributed by atoms with Gasteiger partial charge in [-0.3, -0.25) is 9.59 Å².